The predicted molar refractivity (Wildman–Crippen MR) is 73.6 cm³/mol. The fourth-order valence-corrected chi connectivity index (χ4v) is 2.05. The van der Waals surface area contributed by atoms with Gasteiger partial charge in [0.25, 0.3) is 0 Å². The van der Waals surface area contributed by atoms with Crippen molar-refractivity contribution in [2.45, 2.75) is 26.7 Å². The second-order valence-corrected chi connectivity index (χ2v) is 4.60. The van der Waals surface area contributed by atoms with E-state index in [-0.39, 0.29) is 11.6 Å². The molecule has 2 rings (SSSR count). The lowest BCUT2D eigenvalue weighted by atomic mass is 10.1. The molecule has 0 saturated carbocycles. The van der Waals surface area contributed by atoms with Gasteiger partial charge >= 0.3 is 5.97 Å². The Labute approximate surface area is 117 Å². The number of carbonyl (C=O) groups is 1. The summed E-state index contributed by atoms with van der Waals surface area (Å²) in [6.45, 7) is 6.23. The number of hydrogen-bond donors (Lipinski definition) is 1. The van der Waals surface area contributed by atoms with Crippen molar-refractivity contribution in [1.29, 1.82) is 0 Å². The van der Waals surface area contributed by atoms with Gasteiger partial charge in [0.15, 0.2) is 5.69 Å². The second-order valence-electron chi connectivity index (χ2n) is 4.60. The minimum absolute atomic E-state index is 0.0219. The molecule has 6 nitrogen and oxygen atoms in total. The third-order valence-corrected chi connectivity index (χ3v) is 2.85. The third kappa shape index (κ3) is 2.49. The molecule has 0 fully saturated rings. The van der Waals surface area contributed by atoms with Crippen molar-refractivity contribution in [2.75, 3.05) is 6.61 Å². The molecule has 0 atom stereocenters. The van der Waals surface area contributed by atoms with E-state index in [0.717, 1.165) is 0 Å². The average Bonchev–Trinajstić information content (AvgIpc) is 2.84. The quantitative estimate of drug-likeness (QED) is 0.907. The van der Waals surface area contributed by atoms with Crippen LogP contribution in [0.25, 0.3) is 5.69 Å². The molecule has 0 spiro atoms. The van der Waals surface area contributed by atoms with E-state index in [1.54, 1.807) is 4.68 Å². The van der Waals surface area contributed by atoms with E-state index in [1.165, 1.54) is 0 Å². The van der Waals surface area contributed by atoms with Gasteiger partial charge in [-0.1, -0.05) is 31.2 Å². The van der Waals surface area contributed by atoms with Crippen molar-refractivity contribution in [1.82, 2.24) is 15.0 Å². The Hall–Kier alpha value is -2.37. The van der Waals surface area contributed by atoms with Crippen LogP contribution in [-0.4, -0.2) is 32.7 Å². The molecule has 1 aromatic carbocycles. The maximum Gasteiger partial charge on any atom is 0.358 e. The summed E-state index contributed by atoms with van der Waals surface area (Å²) in [4.78, 5) is 11.2. The Morgan fingerprint density at radius 3 is 2.70 bits per heavy atom. The fourth-order valence-electron chi connectivity index (χ4n) is 2.05. The van der Waals surface area contributed by atoms with Gasteiger partial charge in [-0.15, -0.1) is 5.10 Å². The minimum Gasteiger partial charge on any atom is -0.492 e. The highest BCUT2D eigenvalue weighted by Crippen LogP contribution is 2.27. The molecular formula is C14H17N3O3. The van der Waals surface area contributed by atoms with Crippen molar-refractivity contribution in [3.63, 3.8) is 0 Å². The van der Waals surface area contributed by atoms with Crippen LogP contribution in [0.5, 0.6) is 5.75 Å². The molecule has 0 aliphatic carbocycles. The number of aromatic nitrogens is 3. The van der Waals surface area contributed by atoms with Crippen molar-refractivity contribution >= 4 is 5.97 Å². The van der Waals surface area contributed by atoms with Crippen molar-refractivity contribution in [3.8, 4) is 11.4 Å². The summed E-state index contributed by atoms with van der Waals surface area (Å²) in [5, 5.41) is 17.0. The summed E-state index contributed by atoms with van der Waals surface area (Å²) in [5.74, 6) is -0.446. The lowest BCUT2D eigenvalue weighted by Crippen LogP contribution is -2.09. The van der Waals surface area contributed by atoms with E-state index in [0.29, 0.717) is 23.7 Å². The maximum absolute atomic E-state index is 11.2. The molecule has 0 saturated heterocycles. The molecule has 0 radical (unpaired) electrons. The average molecular weight is 275 g/mol. The molecule has 0 bridgehead atoms. The van der Waals surface area contributed by atoms with Crippen LogP contribution in [0.2, 0.25) is 0 Å². The summed E-state index contributed by atoms with van der Waals surface area (Å²) >= 11 is 0. The van der Waals surface area contributed by atoms with Gasteiger partial charge in [0.05, 0.1) is 12.3 Å². The third-order valence-electron chi connectivity index (χ3n) is 2.85. The molecule has 1 heterocycles. The van der Waals surface area contributed by atoms with Gasteiger partial charge in [0.1, 0.15) is 11.4 Å². The Balaban J connectivity index is 2.61. The number of benzene rings is 1. The number of para-hydroxylation sites is 2. The van der Waals surface area contributed by atoms with Gasteiger partial charge < -0.3 is 9.84 Å². The zero-order valence-electron chi connectivity index (χ0n) is 11.7. The monoisotopic (exact) mass is 275 g/mol. The van der Waals surface area contributed by atoms with E-state index in [9.17, 15) is 9.90 Å². The highest BCUT2D eigenvalue weighted by molar-refractivity contribution is 5.86. The summed E-state index contributed by atoms with van der Waals surface area (Å²) in [5.41, 5.74) is 1.23. The summed E-state index contributed by atoms with van der Waals surface area (Å²) in [7, 11) is 0. The fraction of sp³-hybridized carbons (Fsp3) is 0.357. The van der Waals surface area contributed by atoms with E-state index >= 15 is 0 Å². The summed E-state index contributed by atoms with van der Waals surface area (Å²) in [6, 6.07) is 7.37. The van der Waals surface area contributed by atoms with E-state index in [4.69, 9.17) is 4.74 Å². The van der Waals surface area contributed by atoms with Crippen LogP contribution in [0, 0.1) is 0 Å². The molecular weight excluding hydrogens is 258 g/mol. The number of ether oxygens (including phenoxy) is 1. The molecule has 20 heavy (non-hydrogen) atoms. The van der Waals surface area contributed by atoms with Crippen LogP contribution in [-0.2, 0) is 0 Å². The number of carboxylic acids is 1. The van der Waals surface area contributed by atoms with Crippen LogP contribution in [0.15, 0.2) is 24.3 Å². The van der Waals surface area contributed by atoms with Gasteiger partial charge in [-0.05, 0) is 25.0 Å². The molecule has 0 unspecified atom stereocenters. The first-order valence-electron chi connectivity index (χ1n) is 6.47. The highest BCUT2D eigenvalue weighted by atomic mass is 16.5. The first kappa shape index (κ1) is 14.0. The predicted octanol–water partition coefficient (Wildman–Crippen LogP) is 2.49. The lowest BCUT2D eigenvalue weighted by molar-refractivity contribution is 0.0688. The Bertz CT molecular complexity index is 620. The number of hydrogen-bond acceptors (Lipinski definition) is 4. The van der Waals surface area contributed by atoms with E-state index < -0.39 is 5.97 Å². The van der Waals surface area contributed by atoms with Crippen LogP contribution in [0.3, 0.4) is 0 Å². The summed E-state index contributed by atoms with van der Waals surface area (Å²) in [6.07, 6.45) is 0. The normalized spacial score (nSPS) is 10.8. The lowest BCUT2D eigenvalue weighted by Gasteiger charge is -2.13. The van der Waals surface area contributed by atoms with Gasteiger partial charge in [0, 0.05) is 0 Å². The van der Waals surface area contributed by atoms with Gasteiger partial charge in [-0.2, -0.15) is 0 Å². The Morgan fingerprint density at radius 2 is 2.10 bits per heavy atom. The Morgan fingerprint density at radius 1 is 1.40 bits per heavy atom. The second kappa shape index (κ2) is 5.73. The molecule has 0 amide bonds. The molecule has 1 aromatic heterocycles. The maximum atomic E-state index is 11.2. The van der Waals surface area contributed by atoms with Crippen LogP contribution >= 0.6 is 0 Å². The summed E-state index contributed by atoms with van der Waals surface area (Å²) < 4.78 is 7.10. The van der Waals surface area contributed by atoms with Gasteiger partial charge in [-0.3, -0.25) is 0 Å². The smallest absolute Gasteiger partial charge is 0.358 e. The van der Waals surface area contributed by atoms with Gasteiger partial charge in [0.2, 0.25) is 0 Å². The van der Waals surface area contributed by atoms with Crippen molar-refractivity contribution in [2.24, 2.45) is 0 Å². The molecule has 0 aliphatic heterocycles. The molecule has 1 N–H and O–H groups in total. The van der Waals surface area contributed by atoms with Crippen LogP contribution < -0.4 is 4.74 Å². The minimum atomic E-state index is -1.08. The SMILES string of the molecule is CCOc1ccccc1-n1nnc(C(=O)O)c1C(C)C. The number of carboxylic acid groups (broad SMARTS) is 1. The van der Waals surface area contributed by atoms with Crippen molar-refractivity contribution < 1.29 is 14.6 Å². The zero-order valence-corrected chi connectivity index (χ0v) is 11.7. The largest absolute Gasteiger partial charge is 0.492 e. The van der Waals surface area contributed by atoms with E-state index in [1.807, 2.05) is 45.0 Å². The molecule has 6 heteroatoms. The number of rotatable bonds is 5. The van der Waals surface area contributed by atoms with Crippen LogP contribution in [0.4, 0.5) is 0 Å². The standard InChI is InChI=1S/C14H17N3O3/c1-4-20-11-8-6-5-7-10(11)17-13(9(2)3)12(14(18)19)15-16-17/h5-9H,4H2,1-3H3,(H,18,19). The van der Waals surface area contributed by atoms with Crippen molar-refractivity contribution in [3.05, 3.63) is 35.7 Å². The number of nitrogens with zero attached hydrogens (tertiary/aromatic N) is 3. The highest BCUT2D eigenvalue weighted by Gasteiger charge is 2.23. The Kier molecular flexibility index (Phi) is 4.02. The first-order valence-corrected chi connectivity index (χ1v) is 6.47. The molecule has 106 valence electrons. The van der Waals surface area contributed by atoms with E-state index in [2.05, 4.69) is 10.3 Å². The topological polar surface area (TPSA) is 77.2 Å². The molecule has 2 aromatic rings. The van der Waals surface area contributed by atoms with Crippen LogP contribution in [0.1, 0.15) is 42.9 Å². The van der Waals surface area contributed by atoms with Gasteiger partial charge in [-0.25, -0.2) is 9.48 Å². The zero-order chi connectivity index (χ0) is 14.7. The molecule has 0 aliphatic rings. The number of aromatic carboxylic acids is 1. The first-order chi connectivity index (χ1) is 9.56.